The predicted octanol–water partition coefficient (Wildman–Crippen LogP) is 13.9. The van der Waals surface area contributed by atoms with Crippen molar-refractivity contribution in [3.8, 4) is 78.2 Å². The third kappa shape index (κ3) is 9.98. The van der Waals surface area contributed by atoms with Crippen LogP contribution < -0.4 is 9.47 Å². The number of terminal acetylenes is 2. The van der Waals surface area contributed by atoms with Gasteiger partial charge in [0.2, 0.25) is 0 Å². The normalized spacial score (nSPS) is 11.1. The van der Waals surface area contributed by atoms with Crippen LogP contribution in [0.25, 0.3) is 53.1 Å². The molecule has 0 saturated carbocycles. The second kappa shape index (κ2) is 19.6. The molecule has 4 aromatic heterocycles. The zero-order valence-electron chi connectivity index (χ0n) is 30.9. The van der Waals surface area contributed by atoms with Crippen LogP contribution in [-0.2, 0) is 0 Å². The van der Waals surface area contributed by atoms with Crippen LogP contribution in [0.3, 0.4) is 0 Å². The number of hydrogen-bond acceptors (Lipinski definition) is 7. The summed E-state index contributed by atoms with van der Waals surface area (Å²) in [5.74, 6) is 7.32. The Hall–Kier alpha value is -4.40. The van der Waals surface area contributed by atoms with Gasteiger partial charge in [-0.2, -0.15) is 0 Å². The van der Waals surface area contributed by atoms with Crippen molar-refractivity contribution in [3.05, 3.63) is 82.6 Å². The molecule has 4 nitrogen and oxygen atoms in total. The number of benzene rings is 2. The summed E-state index contributed by atoms with van der Waals surface area (Å²) in [7, 11) is 0. The Morgan fingerprint density at radius 1 is 0.491 bits per heavy atom. The van der Waals surface area contributed by atoms with E-state index >= 15 is 0 Å². The fourth-order valence-electron chi connectivity index (χ4n) is 6.33. The van der Waals surface area contributed by atoms with Crippen molar-refractivity contribution in [1.82, 2.24) is 9.97 Å². The molecule has 0 bridgehead atoms. The first kappa shape index (κ1) is 38.3. The molecule has 6 aromatic rings. The Bertz CT molecular complexity index is 1990. The molecule has 0 N–H and O–H groups in total. The first-order valence-corrected chi connectivity index (χ1v) is 21.5. The molecular weight excluding hydrogens is 709 g/mol. The van der Waals surface area contributed by atoms with E-state index in [0.717, 1.165) is 100 Å². The van der Waals surface area contributed by atoms with Gasteiger partial charge >= 0.3 is 0 Å². The summed E-state index contributed by atoms with van der Waals surface area (Å²) in [6.45, 7) is 5.95. The zero-order chi connectivity index (χ0) is 36.8. The van der Waals surface area contributed by atoms with E-state index in [0.29, 0.717) is 0 Å². The van der Waals surface area contributed by atoms with E-state index in [1.165, 1.54) is 64.2 Å². The molecule has 0 aliphatic carbocycles. The number of aromatic nitrogens is 2. The highest BCUT2D eigenvalue weighted by Crippen LogP contribution is 2.48. The lowest BCUT2D eigenvalue weighted by molar-refractivity contribution is 0.304. The summed E-state index contributed by atoms with van der Waals surface area (Å²) in [5, 5.41) is 0. The van der Waals surface area contributed by atoms with Crippen molar-refractivity contribution in [1.29, 1.82) is 0 Å². The molecular formula is C46H48N2O2S3. The molecule has 4 heterocycles. The molecule has 0 radical (unpaired) electrons. The van der Waals surface area contributed by atoms with Crippen LogP contribution in [0.1, 0.15) is 101 Å². The van der Waals surface area contributed by atoms with Gasteiger partial charge in [0, 0.05) is 20.9 Å². The number of unbranched alkanes of at least 4 members (excludes halogenated alkanes) is 10. The van der Waals surface area contributed by atoms with Crippen LogP contribution in [0.4, 0.5) is 0 Å². The minimum Gasteiger partial charge on any atom is -0.494 e. The summed E-state index contributed by atoms with van der Waals surface area (Å²) in [5.41, 5.74) is 5.29. The fourth-order valence-corrected chi connectivity index (χ4v) is 9.36. The van der Waals surface area contributed by atoms with E-state index in [-0.39, 0.29) is 0 Å². The largest absolute Gasteiger partial charge is 0.494 e. The fraction of sp³-hybridized carbons (Fsp3) is 0.348. The Balaban J connectivity index is 1.35. The number of hydrogen-bond donors (Lipinski definition) is 0. The Morgan fingerprint density at radius 2 is 0.887 bits per heavy atom. The maximum atomic E-state index is 6.14. The highest BCUT2D eigenvalue weighted by molar-refractivity contribution is 7.28. The smallest absolute Gasteiger partial charge is 0.119 e. The molecule has 0 spiro atoms. The number of ether oxygens (including phenoxy) is 2. The van der Waals surface area contributed by atoms with E-state index in [4.69, 9.17) is 32.3 Å². The number of rotatable bonds is 20. The SMILES string of the molecule is C#Cc1ccc(-c2sc(-c3ccc(C#C)s3)c3nc(-c4ccc(OCCCCCCCC)cc4)c(-c4ccc(OCCCCCCCC)cc4)nc23)s1. The Labute approximate surface area is 327 Å². The van der Waals surface area contributed by atoms with Crippen LogP contribution in [0.2, 0.25) is 0 Å². The Morgan fingerprint density at radius 3 is 1.26 bits per heavy atom. The first-order chi connectivity index (χ1) is 26.1. The molecule has 0 fully saturated rings. The number of nitrogens with zero attached hydrogens (tertiary/aromatic N) is 2. The van der Waals surface area contributed by atoms with Gasteiger partial charge in [-0.1, -0.05) is 89.9 Å². The van der Waals surface area contributed by atoms with Crippen LogP contribution in [0, 0.1) is 24.7 Å². The summed E-state index contributed by atoms with van der Waals surface area (Å²) >= 11 is 4.89. The van der Waals surface area contributed by atoms with Gasteiger partial charge in [-0.05, 0) is 85.6 Å². The standard InChI is InChI=1S/C46H48N2O2S3/c1-5-9-11-13-15-17-31-49-35-23-19-33(20-24-35)41-42(34-21-25-36(26-22-34)50-32-18-16-14-12-10-6-2)48-44-43(47-41)45(39-29-27-37(7-3)51-39)53-46(44)40-30-28-38(8-4)52-40/h3-4,19-30H,5-6,9-18,31-32H2,1-2H3. The third-order valence-corrected chi connectivity index (χ3v) is 12.8. The quantitative estimate of drug-likeness (QED) is 0.0575. The van der Waals surface area contributed by atoms with Gasteiger partial charge in [0.15, 0.2) is 0 Å². The molecule has 0 saturated heterocycles. The van der Waals surface area contributed by atoms with Crippen molar-refractivity contribution in [2.24, 2.45) is 0 Å². The van der Waals surface area contributed by atoms with Crippen molar-refractivity contribution >= 4 is 45.0 Å². The highest BCUT2D eigenvalue weighted by Gasteiger charge is 2.23. The number of fused-ring (bicyclic) bond motifs is 1. The molecule has 0 unspecified atom stereocenters. The minimum atomic E-state index is 0.724. The van der Waals surface area contributed by atoms with Gasteiger partial charge in [-0.25, -0.2) is 9.97 Å². The second-order valence-electron chi connectivity index (χ2n) is 13.3. The summed E-state index contributed by atoms with van der Waals surface area (Å²) < 4.78 is 12.3. The van der Waals surface area contributed by atoms with E-state index in [2.05, 4.69) is 62.1 Å². The van der Waals surface area contributed by atoms with Crippen LogP contribution in [0.5, 0.6) is 11.5 Å². The van der Waals surface area contributed by atoms with E-state index in [9.17, 15) is 0 Å². The lowest BCUT2D eigenvalue weighted by atomic mass is 10.0. The van der Waals surface area contributed by atoms with Crippen molar-refractivity contribution in [2.75, 3.05) is 13.2 Å². The van der Waals surface area contributed by atoms with Gasteiger partial charge in [0.1, 0.15) is 22.5 Å². The maximum absolute atomic E-state index is 6.14. The van der Waals surface area contributed by atoms with Crippen LogP contribution in [0.15, 0.2) is 72.8 Å². The average molecular weight is 757 g/mol. The lowest BCUT2D eigenvalue weighted by Crippen LogP contribution is -1.99. The average Bonchev–Trinajstić information content (AvgIpc) is 3.96. The van der Waals surface area contributed by atoms with E-state index in [1.54, 1.807) is 34.0 Å². The maximum Gasteiger partial charge on any atom is 0.119 e. The van der Waals surface area contributed by atoms with Gasteiger partial charge in [-0.15, -0.1) is 46.9 Å². The van der Waals surface area contributed by atoms with Crippen molar-refractivity contribution < 1.29 is 9.47 Å². The molecule has 0 amide bonds. The van der Waals surface area contributed by atoms with E-state index < -0.39 is 0 Å². The highest BCUT2D eigenvalue weighted by atomic mass is 32.1. The number of thiophene rings is 3. The zero-order valence-corrected chi connectivity index (χ0v) is 33.4. The predicted molar refractivity (Wildman–Crippen MR) is 229 cm³/mol. The van der Waals surface area contributed by atoms with Gasteiger partial charge in [0.25, 0.3) is 0 Å². The van der Waals surface area contributed by atoms with Gasteiger partial charge in [0.05, 0.1) is 44.1 Å². The third-order valence-electron chi connectivity index (χ3n) is 9.26. The van der Waals surface area contributed by atoms with Crippen molar-refractivity contribution in [2.45, 2.75) is 90.9 Å². The molecule has 0 aliphatic rings. The molecule has 272 valence electrons. The van der Waals surface area contributed by atoms with Crippen molar-refractivity contribution in [3.63, 3.8) is 0 Å². The molecule has 0 atom stereocenters. The molecule has 53 heavy (non-hydrogen) atoms. The van der Waals surface area contributed by atoms with Crippen LogP contribution >= 0.6 is 34.0 Å². The van der Waals surface area contributed by atoms with Gasteiger partial charge in [-0.3, -0.25) is 0 Å². The first-order valence-electron chi connectivity index (χ1n) is 19.1. The summed E-state index contributed by atoms with van der Waals surface area (Å²) in [6.07, 6.45) is 26.4. The van der Waals surface area contributed by atoms with E-state index in [1.807, 2.05) is 36.4 Å². The molecule has 7 heteroatoms. The molecule has 6 rings (SSSR count). The summed E-state index contributed by atoms with van der Waals surface area (Å²) in [4.78, 5) is 16.9. The van der Waals surface area contributed by atoms with Gasteiger partial charge < -0.3 is 9.47 Å². The topological polar surface area (TPSA) is 44.2 Å². The minimum absolute atomic E-state index is 0.724. The Kier molecular flexibility index (Phi) is 14.2. The summed E-state index contributed by atoms with van der Waals surface area (Å²) in [6, 6.07) is 24.8. The molecule has 2 aromatic carbocycles. The van der Waals surface area contributed by atoms with Crippen LogP contribution in [-0.4, -0.2) is 23.2 Å². The lowest BCUT2D eigenvalue weighted by Gasteiger charge is -2.12. The monoisotopic (exact) mass is 756 g/mol. The second-order valence-corrected chi connectivity index (χ2v) is 16.5. The molecule has 0 aliphatic heterocycles.